The first-order valence-corrected chi connectivity index (χ1v) is 6.87. The number of fused-ring (bicyclic) bond motifs is 1. The minimum absolute atomic E-state index is 0.294. The Kier molecular flexibility index (Phi) is 3.87. The molecule has 2 aromatic rings. The average molecular weight is 263 g/mol. The van der Waals surface area contributed by atoms with E-state index in [4.69, 9.17) is 5.11 Å². The first-order chi connectivity index (χ1) is 8.59. The molecule has 1 aromatic carbocycles. The summed E-state index contributed by atoms with van der Waals surface area (Å²) in [5.41, 5.74) is 1.19. The Labute approximate surface area is 111 Å². The summed E-state index contributed by atoms with van der Waals surface area (Å²) in [7, 11) is 2.02. The Hall–Kier alpha value is -1.55. The van der Waals surface area contributed by atoms with E-state index in [9.17, 15) is 4.79 Å². The van der Waals surface area contributed by atoms with Crippen molar-refractivity contribution in [2.45, 2.75) is 13.3 Å². The van der Waals surface area contributed by atoms with E-state index in [1.54, 1.807) is 18.3 Å². The lowest BCUT2D eigenvalue weighted by molar-refractivity contribution is -0.141. The van der Waals surface area contributed by atoms with Crippen LogP contribution in [0, 0.1) is 5.92 Å². The zero-order valence-electron chi connectivity index (χ0n) is 10.6. The average Bonchev–Trinajstić information content (AvgIpc) is 2.79. The molecule has 2 rings (SSSR count). The van der Waals surface area contributed by atoms with Crippen molar-refractivity contribution in [2.24, 2.45) is 5.92 Å². The molecule has 0 aliphatic rings. The van der Waals surface area contributed by atoms with Crippen LogP contribution in [0.25, 0.3) is 10.1 Å². The summed E-state index contributed by atoms with van der Waals surface area (Å²) in [4.78, 5) is 12.9. The van der Waals surface area contributed by atoms with Gasteiger partial charge >= 0.3 is 5.97 Å². The number of hydrogen-bond acceptors (Lipinski definition) is 3. The third-order valence-electron chi connectivity index (χ3n) is 3.19. The lowest BCUT2D eigenvalue weighted by Crippen LogP contribution is -2.22. The van der Waals surface area contributed by atoms with E-state index >= 15 is 0 Å². The number of carboxylic acid groups (broad SMARTS) is 1. The number of benzene rings is 1. The maximum Gasteiger partial charge on any atom is 0.306 e. The fourth-order valence-electron chi connectivity index (χ4n) is 1.89. The maximum atomic E-state index is 10.8. The summed E-state index contributed by atoms with van der Waals surface area (Å²) in [6.45, 7) is 2.51. The van der Waals surface area contributed by atoms with E-state index in [0.29, 0.717) is 6.42 Å². The largest absolute Gasteiger partial charge is 0.481 e. The second kappa shape index (κ2) is 5.40. The fraction of sp³-hybridized carbons (Fsp3) is 0.357. The predicted molar refractivity (Wildman–Crippen MR) is 76.5 cm³/mol. The predicted octanol–water partition coefficient (Wildman–Crippen LogP) is 3.45. The van der Waals surface area contributed by atoms with E-state index in [1.807, 2.05) is 19.2 Å². The van der Waals surface area contributed by atoms with Gasteiger partial charge in [-0.1, -0.05) is 25.1 Å². The molecule has 18 heavy (non-hydrogen) atoms. The van der Waals surface area contributed by atoms with Crippen molar-refractivity contribution in [3.8, 4) is 0 Å². The van der Waals surface area contributed by atoms with Gasteiger partial charge in [0.15, 0.2) is 0 Å². The van der Waals surface area contributed by atoms with Crippen molar-refractivity contribution in [3.63, 3.8) is 0 Å². The summed E-state index contributed by atoms with van der Waals surface area (Å²) in [5.74, 6) is -1.02. The Morgan fingerprint density at radius 3 is 2.89 bits per heavy atom. The van der Waals surface area contributed by atoms with Crippen LogP contribution in [-0.2, 0) is 4.79 Å². The smallest absolute Gasteiger partial charge is 0.306 e. The molecule has 0 saturated heterocycles. The van der Waals surface area contributed by atoms with Crippen LogP contribution in [0.2, 0.25) is 0 Å². The molecule has 1 atom stereocenters. The summed E-state index contributed by atoms with van der Waals surface area (Å²) in [6.07, 6.45) is 0.663. The molecule has 1 aromatic heterocycles. The zero-order chi connectivity index (χ0) is 13.1. The molecule has 0 radical (unpaired) electrons. The zero-order valence-corrected chi connectivity index (χ0v) is 11.4. The molecule has 1 heterocycles. The van der Waals surface area contributed by atoms with Crippen molar-refractivity contribution in [3.05, 3.63) is 29.6 Å². The van der Waals surface area contributed by atoms with Crippen LogP contribution in [0.3, 0.4) is 0 Å². The molecule has 0 amide bonds. The molecule has 96 valence electrons. The van der Waals surface area contributed by atoms with Gasteiger partial charge in [-0.25, -0.2) is 0 Å². The molecule has 1 N–H and O–H groups in total. The van der Waals surface area contributed by atoms with Crippen LogP contribution >= 0.6 is 11.3 Å². The van der Waals surface area contributed by atoms with Crippen LogP contribution in [0.1, 0.15) is 13.3 Å². The van der Waals surface area contributed by atoms with Gasteiger partial charge in [0.05, 0.1) is 11.6 Å². The summed E-state index contributed by atoms with van der Waals surface area (Å²) < 4.78 is 1.27. The van der Waals surface area contributed by atoms with Gasteiger partial charge in [-0.2, -0.15) is 0 Å². The van der Waals surface area contributed by atoms with E-state index in [0.717, 1.165) is 6.54 Å². The molecule has 0 spiro atoms. The molecular weight excluding hydrogens is 246 g/mol. The van der Waals surface area contributed by atoms with Crippen molar-refractivity contribution >= 4 is 33.1 Å². The lowest BCUT2D eigenvalue weighted by atomic mass is 10.1. The van der Waals surface area contributed by atoms with Crippen LogP contribution in [0.15, 0.2) is 29.6 Å². The molecule has 3 nitrogen and oxygen atoms in total. The minimum Gasteiger partial charge on any atom is -0.481 e. The van der Waals surface area contributed by atoms with Gasteiger partial charge in [0, 0.05) is 29.1 Å². The van der Waals surface area contributed by atoms with Gasteiger partial charge in [0.25, 0.3) is 0 Å². The number of carboxylic acids is 1. The Bertz CT molecular complexity index is 549. The number of hydrogen-bond donors (Lipinski definition) is 1. The summed E-state index contributed by atoms with van der Waals surface area (Å²) >= 11 is 1.72. The summed E-state index contributed by atoms with van der Waals surface area (Å²) in [6, 6.07) is 8.29. The van der Waals surface area contributed by atoms with Gasteiger partial charge in [0.1, 0.15) is 0 Å². The molecule has 1 unspecified atom stereocenters. The monoisotopic (exact) mass is 263 g/mol. The van der Waals surface area contributed by atoms with E-state index in [1.165, 1.54) is 15.8 Å². The normalized spacial score (nSPS) is 12.6. The third kappa shape index (κ3) is 2.64. The highest BCUT2D eigenvalue weighted by molar-refractivity contribution is 7.17. The number of rotatable bonds is 5. The molecule has 0 aliphatic carbocycles. The molecule has 0 bridgehead atoms. The Morgan fingerprint density at radius 1 is 1.44 bits per heavy atom. The SMILES string of the molecule is CC(CCN(C)c1csc2ccccc12)C(=O)O. The first-order valence-electron chi connectivity index (χ1n) is 5.99. The van der Waals surface area contributed by atoms with Gasteiger partial charge in [-0.15, -0.1) is 11.3 Å². The fourth-order valence-corrected chi connectivity index (χ4v) is 2.89. The van der Waals surface area contributed by atoms with Crippen LogP contribution < -0.4 is 4.90 Å². The van der Waals surface area contributed by atoms with Gasteiger partial charge in [0.2, 0.25) is 0 Å². The number of thiophene rings is 1. The van der Waals surface area contributed by atoms with Crippen molar-refractivity contribution in [1.82, 2.24) is 0 Å². The third-order valence-corrected chi connectivity index (χ3v) is 4.14. The number of carbonyl (C=O) groups is 1. The molecule has 4 heteroatoms. The number of aliphatic carboxylic acids is 1. The summed E-state index contributed by atoms with van der Waals surface area (Å²) in [5, 5.41) is 12.3. The van der Waals surface area contributed by atoms with Gasteiger partial charge in [-0.05, 0) is 12.5 Å². The van der Waals surface area contributed by atoms with Crippen LogP contribution in [0.5, 0.6) is 0 Å². The molecule has 0 aliphatic heterocycles. The number of nitrogens with zero attached hydrogens (tertiary/aromatic N) is 1. The van der Waals surface area contributed by atoms with Crippen molar-refractivity contribution < 1.29 is 9.90 Å². The van der Waals surface area contributed by atoms with E-state index in [-0.39, 0.29) is 5.92 Å². The van der Waals surface area contributed by atoms with Crippen LogP contribution in [0.4, 0.5) is 5.69 Å². The highest BCUT2D eigenvalue weighted by Gasteiger charge is 2.13. The standard InChI is InChI=1S/C14H17NO2S/c1-10(14(16)17)7-8-15(2)12-9-18-13-6-4-3-5-11(12)13/h3-6,9-10H,7-8H2,1-2H3,(H,16,17). The number of anilines is 1. The van der Waals surface area contributed by atoms with Crippen LogP contribution in [-0.4, -0.2) is 24.7 Å². The maximum absolute atomic E-state index is 10.8. The Balaban J connectivity index is 2.09. The van der Waals surface area contributed by atoms with Gasteiger partial charge < -0.3 is 10.0 Å². The minimum atomic E-state index is -0.724. The second-order valence-corrected chi connectivity index (χ2v) is 5.48. The Morgan fingerprint density at radius 2 is 2.17 bits per heavy atom. The van der Waals surface area contributed by atoms with Crippen molar-refractivity contribution in [2.75, 3.05) is 18.5 Å². The quantitative estimate of drug-likeness (QED) is 0.898. The topological polar surface area (TPSA) is 40.5 Å². The second-order valence-electron chi connectivity index (χ2n) is 4.57. The first kappa shape index (κ1) is 12.9. The lowest BCUT2D eigenvalue weighted by Gasteiger charge is -2.19. The molecular formula is C14H17NO2S. The van der Waals surface area contributed by atoms with Gasteiger partial charge in [-0.3, -0.25) is 4.79 Å². The molecule has 0 saturated carbocycles. The highest BCUT2D eigenvalue weighted by atomic mass is 32.1. The highest BCUT2D eigenvalue weighted by Crippen LogP contribution is 2.32. The van der Waals surface area contributed by atoms with E-state index < -0.39 is 5.97 Å². The van der Waals surface area contributed by atoms with E-state index in [2.05, 4.69) is 22.4 Å². The molecule has 0 fully saturated rings. The van der Waals surface area contributed by atoms with Crippen molar-refractivity contribution in [1.29, 1.82) is 0 Å².